The fourth-order valence-electron chi connectivity index (χ4n) is 0.955. The average molecular weight is 217 g/mol. The summed E-state index contributed by atoms with van der Waals surface area (Å²) in [5.41, 5.74) is 4.99. The maximum atomic E-state index is 13.2. The Balaban J connectivity index is 3.06. The zero-order valence-electron chi connectivity index (χ0n) is 8.40. The summed E-state index contributed by atoms with van der Waals surface area (Å²) < 4.78 is 31.6. The van der Waals surface area contributed by atoms with Gasteiger partial charge in [0.25, 0.3) is 0 Å². The fraction of sp³-hybridized carbons (Fsp3) is 0.333. The molecule has 0 saturated heterocycles. The van der Waals surface area contributed by atoms with Crippen molar-refractivity contribution in [3.05, 3.63) is 23.8 Å². The van der Waals surface area contributed by atoms with Crippen molar-refractivity contribution in [2.75, 3.05) is 5.73 Å². The van der Waals surface area contributed by atoms with Crippen LogP contribution in [0.25, 0.3) is 0 Å². The highest BCUT2D eigenvalue weighted by Gasteiger charge is 2.20. The van der Waals surface area contributed by atoms with E-state index in [0.717, 1.165) is 0 Å². The number of nitrogens with two attached hydrogens (primary N) is 1. The Morgan fingerprint density at radius 1 is 1.14 bits per heavy atom. The van der Waals surface area contributed by atoms with Gasteiger partial charge in [0.15, 0.2) is 5.82 Å². The molecule has 0 aliphatic rings. The summed E-state index contributed by atoms with van der Waals surface area (Å²) in [6.07, 6.45) is 0. The molecule has 0 spiro atoms. The maximum Gasteiger partial charge on any atom is 0.242 e. The molecule has 0 aliphatic heterocycles. The van der Waals surface area contributed by atoms with E-state index in [2.05, 4.69) is 0 Å². The predicted octanol–water partition coefficient (Wildman–Crippen LogP) is 2.76. The van der Waals surface area contributed by atoms with Gasteiger partial charge in [0.05, 0.1) is 5.69 Å². The van der Waals surface area contributed by atoms with Gasteiger partial charge < -0.3 is 10.2 Å². The second-order valence-corrected chi connectivity index (χ2v) is 8.42. The van der Waals surface area contributed by atoms with E-state index >= 15 is 0 Å². The summed E-state index contributed by atoms with van der Waals surface area (Å²) in [4.78, 5) is 0. The monoisotopic (exact) mass is 217 g/mol. The first-order valence-corrected chi connectivity index (χ1v) is 7.64. The van der Waals surface area contributed by atoms with Crippen LogP contribution in [-0.2, 0) is 0 Å². The molecule has 0 heterocycles. The van der Waals surface area contributed by atoms with Gasteiger partial charge in [0, 0.05) is 0 Å². The van der Waals surface area contributed by atoms with E-state index in [1.54, 1.807) is 0 Å². The summed E-state index contributed by atoms with van der Waals surface area (Å²) >= 11 is 0. The van der Waals surface area contributed by atoms with Crippen molar-refractivity contribution in [1.82, 2.24) is 0 Å². The predicted molar refractivity (Wildman–Crippen MR) is 54.7 cm³/mol. The number of hydrogen-bond acceptors (Lipinski definition) is 2. The van der Waals surface area contributed by atoms with Crippen LogP contribution in [0, 0.1) is 11.6 Å². The van der Waals surface area contributed by atoms with Gasteiger partial charge in [-0.1, -0.05) is 0 Å². The fourth-order valence-corrected chi connectivity index (χ4v) is 1.77. The normalized spacial score (nSPS) is 11.5. The Morgan fingerprint density at radius 3 is 2.21 bits per heavy atom. The van der Waals surface area contributed by atoms with Crippen molar-refractivity contribution >= 4 is 14.0 Å². The molecule has 2 N–H and O–H groups in total. The van der Waals surface area contributed by atoms with Gasteiger partial charge in [-0.15, -0.1) is 0 Å². The summed E-state index contributed by atoms with van der Waals surface area (Å²) in [7, 11) is -1.92. The van der Waals surface area contributed by atoms with E-state index in [0.29, 0.717) is 0 Å². The molecule has 0 fully saturated rings. The van der Waals surface area contributed by atoms with E-state index < -0.39 is 20.0 Å². The molecule has 0 atom stereocenters. The van der Waals surface area contributed by atoms with E-state index in [1.165, 1.54) is 12.1 Å². The van der Waals surface area contributed by atoms with Crippen LogP contribution >= 0.6 is 0 Å². The molecule has 1 rings (SSSR count). The highest BCUT2D eigenvalue weighted by Crippen LogP contribution is 2.26. The summed E-state index contributed by atoms with van der Waals surface area (Å²) in [6.45, 7) is 5.67. The minimum atomic E-state index is -1.92. The van der Waals surface area contributed by atoms with Crippen LogP contribution in [0.5, 0.6) is 5.75 Å². The van der Waals surface area contributed by atoms with Crippen molar-refractivity contribution in [2.24, 2.45) is 0 Å². The average Bonchev–Trinajstić information content (AvgIpc) is 2.04. The lowest BCUT2D eigenvalue weighted by molar-refractivity contribution is 0.452. The second kappa shape index (κ2) is 3.57. The third-order valence-corrected chi connectivity index (χ3v) is 2.33. The number of rotatable bonds is 2. The minimum Gasteiger partial charge on any atom is -0.542 e. The number of benzene rings is 1. The van der Waals surface area contributed by atoms with E-state index in [4.69, 9.17) is 10.2 Å². The molecule has 0 aromatic heterocycles. The third kappa shape index (κ3) is 2.44. The van der Waals surface area contributed by atoms with Crippen molar-refractivity contribution in [3.63, 3.8) is 0 Å². The zero-order chi connectivity index (χ0) is 10.9. The first-order chi connectivity index (χ1) is 6.31. The molecule has 0 amide bonds. The number of anilines is 1. The van der Waals surface area contributed by atoms with Crippen LogP contribution in [-0.4, -0.2) is 8.32 Å². The molecule has 78 valence electrons. The highest BCUT2D eigenvalue weighted by molar-refractivity contribution is 6.70. The van der Waals surface area contributed by atoms with Gasteiger partial charge in [-0.25, -0.2) is 4.39 Å². The molecule has 1 aromatic rings. The molecule has 0 unspecified atom stereocenters. The molecule has 0 bridgehead atoms. The molecule has 0 radical (unpaired) electrons. The first kappa shape index (κ1) is 11.0. The lowest BCUT2D eigenvalue weighted by Gasteiger charge is -2.19. The van der Waals surface area contributed by atoms with Gasteiger partial charge in [-0.05, 0) is 31.8 Å². The lowest BCUT2D eigenvalue weighted by atomic mass is 10.3. The molecule has 2 nitrogen and oxygen atoms in total. The highest BCUT2D eigenvalue weighted by atomic mass is 28.4. The van der Waals surface area contributed by atoms with E-state index in [1.807, 2.05) is 19.6 Å². The summed E-state index contributed by atoms with van der Waals surface area (Å²) in [5.74, 6) is -2.11. The van der Waals surface area contributed by atoms with E-state index in [-0.39, 0.29) is 11.4 Å². The van der Waals surface area contributed by atoms with Gasteiger partial charge in [0.2, 0.25) is 14.1 Å². The van der Waals surface area contributed by atoms with Crippen LogP contribution in [0.4, 0.5) is 14.5 Å². The lowest BCUT2D eigenvalue weighted by Crippen LogP contribution is -2.29. The summed E-state index contributed by atoms with van der Waals surface area (Å²) in [5, 5.41) is 0. The largest absolute Gasteiger partial charge is 0.542 e. The van der Waals surface area contributed by atoms with Crippen molar-refractivity contribution in [1.29, 1.82) is 0 Å². The SMILES string of the molecule is C[Si](C)(C)Oc1ccc(N)c(F)c1F. The zero-order valence-corrected chi connectivity index (χ0v) is 9.40. The van der Waals surface area contributed by atoms with Gasteiger partial charge in [0.1, 0.15) is 5.75 Å². The van der Waals surface area contributed by atoms with Crippen molar-refractivity contribution in [3.8, 4) is 5.75 Å². The number of hydrogen-bond donors (Lipinski definition) is 1. The standard InChI is InChI=1S/C9H13F2NOSi/c1-14(2,3)13-7-5-4-6(12)8(10)9(7)11/h4-5H,12H2,1-3H3. The molecule has 14 heavy (non-hydrogen) atoms. The van der Waals surface area contributed by atoms with Crippen LogP contribution in [0.1, 0.15) is 0 Å². The van der Waals surface area contributed by atoms with Crippen LogP contribution in [0.15, 0.2) is 12.1 Å². The van der Waals surface area contributed by atoms with Gasteiger partial charge >= 0.3 is 0 Å². The smallest absolute Gasteiger partial charge is 0.242 e. The molecule has 1 aromatic carbocycles. The van der Waals surface area contributed by atoms with Crippen LogP contribution in [0.3, 0.4) is 0 Å². The van der Waals surface area contributed by atoms with Crippen molar-refractivity contribution in [2.45, 2.75) is 19.6 Å². The van der Waals surface area contributed by atoms with Gasteiger partial charge in [-0.2, -0.15) is 4.39 Å². The quantitative estimate of drug-likeness (QED) is 0.610. The topological polar surface area (TPSA) is 35.2 Å². The molecule has 0 saturated carbocycles. The van der Waals surface area contributed by atoms with Crippen molar-refractivity contribution < 1.29 is 13.2 Å². The van der Waals surface area contributed by atoms with Crippen LogP contribution < -0.4 is 10.2 Å². The first-order valence-electron chi connectivity index (χ1n) is 4.24. The number of halogens is 2. The number of nitrogen functional groups attached to an aromatic ring is 1. The Kier molecular flexibility index (Phi) is 2.80. The third-order valence-electron chi connectivity index (χ3n) is 1.49. The van der Waals surface area contributed by atoms with Gasteiger partial charge in [-0.3, -0.25) is 0 Å². The summed E-state index contributed by atoms with van der Waals surface area (Å²) in [6, 6.07) is 2.65. The van der Waals surface area contributed by atoms with E-state index in [9.17, 15) is 8.78 Å². The minimum absolute atomic E-state index is 0.0594. The molecule has 0 aliphatic carbocycles. The molecular weight excluding hydrogens is 204 g/mol. The second-order valence-electron chi connectivity index (χ2n) is 4.00. The Bertz CT molecular complexity index is 349. The Labute approximate surface area is 82.8 Å². The Morgan fingerprint density at radius 2 is 1.71 bits per heavy atom. The Hall–Kier alpha value is -1.10. The maximum absolute atomic E-state index is 13.2. The molecular formula is C9H13F2NOSi. The van der Waals surface area contributed by atoms with Crippen LogP contribution in [0.2, 0.25) is 19.6 Å². The molecule has 5 heteroatoms.